The molecule has 0 radical (unpaired) electrons. The summed E-state index contributed by atoms with van der Waals surface area (Å²) in [6.07, 6.45) is 1.50. The minimum atomic E-state index is -0.00694. The molecule has 1 rings (SSSR count). The average molecular weight is 169 g/mol. The Bertz CT molecular complexity index is 199. The number of Topliss-reactive ketones (excluding diaryl/α,β-unsaturated/α-hetero) is 1. The third kappa shape index (κ3) is 2.06. The van der Waals surface area contributed by atoms with Crippen LogP contribution in [0.3, 0.4) is 0 Å². The Morgan fingerprint density at radius 3 is 2.58 bits per heavy atom. The molecule has 3 heteroatoms. The van der Waals surface area contributed by atoms with Gasteiger partial charge in [0.25, 0.3) is 0 Å². The molecule has 1 aliphatic heterocycles. The van der Waals surface area contributed by atoms with Crippen molar-refractivity contribution in [1.29, 1.82) is 0 Å². The molecule has 12 heavy (non-hydrogen) atoms. The monoisotopic (exact) mass is 169 g/mol. The largest absolute Gasteiger partial charge is 0.340 e. The number of carbonyl (C=O) groups excluding carboxylic acids is 2. The molecule has 0 bridgehead atoms. The zero-order valence-corrected chi connectivity index (χ0v) is 7.67. The average Bonchev–Trinajstić information content (AvgIpc) is 2.10. The first kappa shape index (κ1) is 9.23. The van der Waals surface area contributed by atoms with E-state index < -0.39 is 0 Å². The highest BCUT2D eigenvalue weighted by Crippen LogP contribution is 2.10. The molecule has 0 aromatic heterocycles. The van der Waals surface area contributed by atoms with Crippen LogP contribution in [0.25, 0.3) is 0 Å². The normalized spacial score (nSPS) is 20.1. The summed E-state index contributed by atoms with van der Waals surface area (Å²) in [5.74, 6) is 0.0793. The van der Waals surface area contributed by atoms with Crippen molar-refractivity contribution in [3.8, 4) is 0 Å². The second kappa shape index (κ2) is 3.70. The molecular weight excluding hydrogens is 154 g/mol. The lowest BCUT2D eigenvalue weighted by Crippen LogP contribution is -2.36. The summed E-state index contributed by atoms with van der Waals surface area (Å²) in [6, 6.07) is 0.225. The van der Waals surface area contributed by atoms with Crippen molar-refractivity contribution in [2.24, 2.45) is 0 Å². The number of likely N-dealkylation sites (tertiary alicyclic amines) is 1. The van der Waals surface area contributed by atoms with Gasteiger partial charge in [-0.05, 0) is 20.3 Å². The van der Waals surface area contributed by atoms with Gasteiger partial charge in [-0.1, -0.05) is 0 Å². The number of ketones is 1. The topological polar surface area (TPSA) is 37.4 Å². The summed E-state index contributed by atoms with van der Waals surface area (Å²) in [7, 11) is 0. The number of carbonyl (C=O) groups is 2. The maximum atomic E-state index is 11.4. The van der Waals surface area contributed by atoms with Gasteiger partial charge in [0.1, 0.15) is 5.78 Å². The lowest BCUT2D eigenvalue weighted by atomic mass is 10.2. The SMILES string of the molecule is CC(C)N1CCCC(=O)CC1=O. The molecule has 0 saturated carbocycles. The maximum absolute atomic E-state index is 11.4. The van der Waals surface area contributed by atoms with Crippen molar-refractivity contribution in [3.63, 3.8) is 0 Å². The Hall–Kier alpha value is -0.860. The minimum absolute atomic E-state index is 0.00694. The van der Waals surface area contributed by atoms with Gasteiger partial charge in [0, 0.05) is 19.0 Å². The zero-order chi connectivity index (χ0) is 9.14. The van der Waals surface area contributed by atoms with Crippen molar-refractivity contribution in [2.75, 3.05) is 6.54 Å². The third-order valence-corrected chi connectivity index (χ3v) is 2.15. The van der Waals surface area contributed by atoms with Crippen LogP contribution in [0, 0.1) is 0 Å². The molecule has 1 saturated heterocycles. The highest BCUT2D eigenvalue weighted by atomic mass is 16.2. The first-order valence-electron chi connectivity index (χ1n) is 4.42. The van der Waals surface area contributed by atoms with Crippen LogP contribution >= 0.6 is 0 Å². The number of rotatable bonds is 1. The van der Waals surface area contributed by atoms with E-state index in [1.807, 2.05) is 13.8 Å². The second-order valence-corrected chi connectivity index (χ2v) is 3.50. The van der Waals surface area contributed by atoms with E-state index >= 15 is 0 Å². The zero-order valence-electron chi connectivity index (χ0n) is 7.67. The Kier molecular flexibility index (Phi) is 2.84. The first-order chi connectivity index (χ1) is 5.61. The molecule has 0 unspecified atom stereocenters. The first-order valence-corrected chi connectivity index (χ1v) is 4.42. The fourth-order valence-corrected chi connectivity index (χ4v) is 1.48. The smallest absolute Gasteiger partial charge is 0.230 e. The van der Waals surface area contributed by atoms with E-state index in [9.17, 15) is 9.59 Å². The molecule has 0 aromatic carbocycles. The van der Waals surface area contributed by atoms with Crippen molar-refractivity contribution >= 4 is 11.7 Å². The molecule has 1 aliphatic rings. The predicted octanol–water partition coefficient (Wildman–Crippen LogP) is 0.976. The van der Waals surface area contributed by atoms with Crippen molar-refractivity contribution in [3.05, 3.63) is 0 Å². The van der Waals surface area contributed by atoms with Crippen LogP contribution in [-0.2, 0) is 9.59 Å². The van der Waals surface area contributed by atoms with Crippen LogP contribution in [-0.4, -0.2) is 29.2 Å². The number of hydrogen-bond donors (Lipinski definition) is 0. The second-order valence-electron chi connectivity index (χ2n) is 3.50. The summed E-state index contributed by atoms with van der Waals surface area (Å²) in [4.78, 5) is 24.2. The number of hydrogen-bond acceptors (Lipinski definition) is 2. The van der Waals surface area contributed by atoms with Crippen molar-refractivity contribution < 1.29 is 9.59 Å². The Labute approximate surface area is 72.7 Å². The van der Waals surface area contributed by atoms with Gasteiger partial charge in [0.2, 0.25) is 5.91 Å². The standard InChI is InChI=1S/C9H15NO2/c1-7(2)10-5-3-4-8(11)6-9(10)12/h7H,3-6H2,1-2H3. The fraction of sp³-hybridized carbons (Fsp3) is 0.778. The van der Waals surface area contributed by atoms with E-state index in [2.05, 4.69) is 0 Å². The highest BCUT2D eigenvalue weighted by Gasteiger charge is 2.22. The Morgan fingerprint density at radius 2 is 2.00 bits per heavy atom. The van der Waals surface area contributed by atoms with Gasteiger partial charge in [-0.2, -0.15) is 0 Å². The molecule has 1 fully saturated rings. The van der Waals surface area contributed by atoms with Gasteiger partial charge in [0.15, 0.2) is 0 Å². The van der Waals surface area contributed by atoms with Crippen LogP contribution in [0.1, 0.15) is 33.1 Å². The van der Waals surface area contributed by atoms with E-state index in [1.165, 1.54) is 0 Å². The summed E-state index contributed by atoms with van der Waals surface area (Å²) in [5, 5.41) is 0. The molecular formula is C9H15NO2. The van der Waals surface area contributed by atoms with Crippen molar-refractivity contribution in [1.82, 2.24) is 4.90 Å². The highest BCUT2D eigenvalue weighted by molar-refractivity contribution is 5.98. The number of amides is 1. The lowest BCUT2D eigenvalue weighted by molar-refractivity contribution is -0.135. The summed E-state index contributed by atoms with van der Waals surface area (Å²) < 4.78 is 0. The van der Waals surface area contributed by atoms with Gasteiger partial charge < -0.3 is 4.90 Å². The minimum Gasteiger partial charge on any atom is -0.340 e. The van der Waals surface area contributed by atoms with E-state index in [0.717, 1.165) is 13.0 Å². The summed E-state index contributed by atoms with van der Waals surface area (Å²) in [5.41, 5.74) is 0. The van der Waals surface area contributed by atoms with E-state index in [-0.39, 0.29) is 24.2 Å². The Morgan fingerprint density at radius 1 is 1.33 bits per heavy atom. The quantitative estimate of drug-likeness (QED) is 0.549. The molecule has 1 amide bonds. The van der Waals surface area contributed by atoms with Gasteiger partial charge in [-0.3, -0.25) is 9.59 Å². The van der Waals surface area contributed by atoms with E-state index in [4.69, 9.17) is 0 Å². The summed E-state index contributed by atoms with van der Waals surface area (Å²) in [6.45, 7) is 4.70. The van der Waals surface area contributed by atoms with Crippen LogP contribution in [0.2, 0.25) is 0 Å². The lowest BCUT2D eigenvalue weighted by Gasteiger charge is -2.24. The molecule has 1 heterocycles. The van der Waals surface area contributed by atoms with Crippen LogP contribution < -0.4 is 0 Å². The third-order valence-electron chi connectivity index (χ3n) is 2.15. The van der Waals surface area contributed by atoms with E-state index in [0.29, 0.717) is 6.42 Å². The number of nitrogens with zero attached hydrogens (tertiary/aromatic N) is 1. The molecule has 0 atom stereocenters. The molecule has 0 N–H and O–H groups in total. The molecule has 0 spiro atoms. The molecule has 0 aromatic rings. The van der Waals surface area contributed by atoms with Crippen LogP contribution in [0.4, 0.5) is 0 Å². The van der Waals surface area contributed by atoms with Gasteiger partial charge >= 0.3 is 0 Å². The summed E-state index contributed by atoms with van der Waals surface area (Å²) >= 11 is 0. The van der Waals surface area contributed by atoms with Crippen molar-refractivity contribution in [2.45, 2.75) is 39.2 Å². The van der Waals surface area contributed by atoms with Gasteiger partial charge in [0.05, 0.1) is 6.42 Å². The maximum Gasteiger partial charge on any atom is 0.230 e. The molecule has 0 aliphatic carbocycles. The van der Waals surface area contributed by atoms with E-state index in [1.54, 1.807) is 4.90 Å². The molecule has 3 nitrogen and oxygen atoms in total. The predicted molar refractivity (Wildman–Crippen MR) is 45.7 cm³/mol. The van der Waals surface area contributed by atoms with Crippen LogP contribution in [0.15, 0.2) is 0 Å². The van der Waals surface area contributed by atoms with Crippen LogP contribution in [0.5, 0.6) is 0 Å². The van der Waals surface area contributed by atoms with Gasteiger partial charge in [-0.25, -0.2) is 0 Å². The fourth-order valence-electron chi connectivity index (χ4n) is 1.48. The Balaban J connectivity index is 2.64. The molecule has 68 valence electrons. The van der Waals surface area contributed by atoms with Gasteiger partial charge in [-0.15, -0.1) is 0 Å².